The lowest BCUT2D eigenvalue weighted by molar-refractivity contribution is -0.166. The molecule has 2 aliphatic rings. The highest BCUT2D eigenvalue weighted by molar-refractivity contribution is 5.99. The van der Waals surface area contributed by atoms with E-state index in [0.717, 1.165) is 11.1 Å². The zero-order chi connectivity index (χ0) is 30.7. The molecular weight excluding hydrogens is 568 g/mol. The van der Waals surface area contributed by atoms with Gasteiger partial charge in [-0.25, -0.2) is 4.39 Å². The quantitative estimate of drug-likeness (QED) is 0.313. The van der Waals surface area contributed by atoms with Crippen LogP contribution in [0.25, 0.3) is 33.8 Å². The van der Waals surface area contributed by atoms with E-state index in [1.54, 1.807) is 32.4 Å². The van der Waals surface area contributed by atoms with Crippen molar-refractivity contribution in [2.24, 2.45) is 7.05 Å². The van der Waals surface area contributed by atoms with Crippen LogP contribution in [0.5, 0.6) is 5.75 Å². The van der Waals surface area contributed by atoms with Gasteiger partial charge in [0.05, 0.1) is 43.5 Å². The van der Waals surface area contributed by atoms with Crippen LogP contribution in [0.3, 0.4) is 0 Å². The summed E-state index contributed by atoms with van der Waals surface area (Å²) in [6, 6.07) is 11.4. The summed E-state index contributed by atoms with van der Waals surface area (Å²) in [5, 5.41) is 23.1. The summed E-state index contributed by atoms with van der Waals surface area (Å²) in [5.41, 5.74) is 3.22. The number of benzene rings is 2. The van der Waals surface area contributed by atoms with Crippen LogP contribution in [-0.4, -0.2) is 72.2 Å². The van der Waals surface area contributed by atoms with E-state index in [4.69, 9.17) is 4.74 Å². The standard InChI is InChI=1S/C30H30F4N6O3/c1-29(25(41)16-30(32,33)34)10-4-11-40(29)28(42)23-15-21(17-5-7-19(31)8-6-17)26-20-14-22(27-35-37-38(2)36-27)24(43-3)13-18(20)9-12-39(23)26/h5-8,13-15,25,41H,4,9-12,16H2,1-3H3/t25-,29+/m1/s1. The molecule has 226 valence electrons. The molecule has 1 fully saturated rings. The van der Waals surface area contributed by atoms with Gasteiger partial charge in [0.1, 0.15) is 17.3 Å². The van der Waals surface area contributed by atoms with Gasteiger partial charge in [0.25, 0.3) is 5.91 Å². The van der Waals surface area contributed by atoms with E-state index in [0.29, 0.717) is 53.3 Å². The first-order chi connectivity index (χ1) is 20.4. The Balaban J connectivity index is 1.51. The van der Waals surface area contributed by atoms with E-state index in [9.17, 15) is 27.5 Å². The number of methoxy groups -OCH3 is 1. The largest absolute Gasteiger partial charge is 0.496 e. The average Bonchev–Trinajstić information content (AvgIpc) is 3.68. The second-order valence-corrected chi connectivity index (χ2v) is 11.3. The van der Waals surface area contributed by atoms with Crippen LogP contribution in [-0.2, 0) is 20.0 Å². The van der Waals surface area contributed by atoms with Crippen molar-refractivity contribution in [2.75, 3.05) is 13.7 Å². The molecule has 13 heteroatoms. The highest BCUT2D eigenvalue weighted by Crippen LogP contribution is 2.45. The van der Waals surface area contributed by atoms with Gasteiger partial charge in [0.15, 0.2) is 0 Å². The molecule has 2 aliphatic heterocycles. The van der Waals surface area contributed by atoms with E-state index < -0.39 is 36.0 Å². The highest BCUT2D eigenvalue weighted by Gasteiger charge is 2.49. The van der Waals surface area contributed by atoms with E-state index >= 15 is 0 Å². The molecule has 0 saturated carbocycles. The summed E-state index contributed by atoms with van der Waals surface area (Å²) < 4.78 is 61.2. The summed E-state index contributed by atoms with van der Waals surface area (Å²) in [6.45, 7) is 2.13. The lowest BCUT2D eigenvalue weighted by Gasteiger charge is -2.39. The highest BCUT2D eigenvalue weighted by atomic mass is 19.4. The molecule has 2 aromatic carbocycles. The fourth-order valence-corrected chi connectivity index (χ4v) is 6.36. The minimum atomic E-state index is -4.58. The third-order valence-corrected chi connectivity index (χ3v) is 8.57. The molecule has 4 aromatic rings. The van der Waals surface area contributed by atoms with Crippen LogP contribution < -0.4 is 4.74 Å². The minimum absolute atomic E-state index is 0.215. The number of tetrazole rings is 1. The van der Waals surface area contributed by atoms with Crippen LogP contribution in [0.15, 0.2) is 42.5 Å². The molecule has 0 aliphatic carbocycles. The number of fused-ring (bicyclic) bond motifs is 3. The molecule has 0 radical (unpaired) electrons. The monoisotopic (exact) mass is 598 g/mol. The Morgan fingerprint density at radius 2 is 1.86 bits per heavy atom. The van der Waals surface area contributed by atoms with Crippen molar-refractivity contribution in [3.8, 4) is 39.5 Å². The second kappa shape index (κ2) is 10.5. The van der Waals surface area contributed by atoms with Crippen LogP contribution >= 0.6 is 0 Å². The topological polar surface area (TPSA) is 98.3 Å². The predicted octanol–water partition coefficient (Wildman–Crippen LogP) is 5.02. The molecule has 6 rings (SSSR count). The molecule has 2 atom stereocenters. The molecule has 1 N–H and O–H groups in total. The fraction of sp³-hybridized carbons (Fsp3) is 0.400. The van der Waals surface area contributed by atoms with Gasteiger partial charge in [-0.1, -0.05) is 12.1 Å². The predicted molar refractivity (Wildman–Crippen MR) is 149 cm³/mol. The minimum Gasteiger partial charge on any atom is -0.496 e. The number of aliphatic hydroxyl groups is 1. The number of hydrogen-bond acceptors (Lipinski definition) is 6. The van der Waals surface area contributed by atoms with Crippen LogP contribution in [0.1, 0.15) is 42.2 Å². The Morgan fingerprint density at radius 3 is 2.51 bits per heavy atom. The first-order valence-corrected chi connectivity index (χ1v) is 13.9. The van der Waals surface area contributed by atoms with Crippen LogP contribution in [0, 0.1) is 5.82 Å². The summed E-state index contributed by atoms with van der Waals surface area (Å²) in [6.07, 6.45) is -6.52. The van der Waals surface area contributed by atoms with Gasteiger partial charge >= 0.3 is 6.18 Å². The molecule has 1 amide bonds. The lowest BCUT2D eigenvalue weighted by Crippen LogP contribution is -2.54. The smallest absolute Gasteiger partial charge is 0.391 e. The van der Waals surface area contributed by atoms with Crippen molar-refractivity contribution >= 4 is 5.91 Å². The van der Waals surface area contributed by atoms with Gasteiger partial charge in [0.2, 0.25) is 5.82 Å². The number of likely N-dealkylation sites (tertiary alicyclic amines) is 1. The number of aliphatic hydroxyl groups excluding tert-OH is 1. The number of carbonyl (C=O) groups excluding carboxylic acids is 1. The number of carbonyl (C=O) groups is 1. The number of rotatable bonds is 6. The van der Waals surface area contributed by atoms with Gasteiger partial charge in [0, 0.05) is 24.2 Å². The molecule has 0 spiro atoms. The number of aryl methyl sites for hydroxylation is 2. The van der Waals surface area contributed by atoms with E-state index in [2.05, 4.69) is 15.4 Å². The summed E-state index contributed by atoms with van der Waals surface area (Å²) in [5.74, 6) is 0.0131. The van der Waals surface area contributed by atoms with E-state index in [1.807, 2.05) is 16.7 Å². The number of ether oxygens (including phenoxy) is 1. The van der Waals surface area contributed by atoms with Crippen molar-refractivity contribution in [1.29, 1.82) is 0 Å². The van der Waals surface area contributed by atoms with Crippen molar-refractivity contribution < 1.29 is 32.2 Å². The Bertz CT molecular complexity index is 1700. The lowest BCUT2D eigenvalue weighted by atomic mass is 9.89. The van der Waals surface area contributed by atoms with Gasteiger partial charge in [-0.2, -0.15) is 18.0 Å². The number of alkyl halides is 3. The number of nitrogens with zero attached hydrogens (tertiary/aromatic N) is 6. The first kappa shape index (κ1) is 28.8. The van der Waals surface area contributed by atoms with Crippen molar-refractivity contribution in [3.63, 3.8) is 0 Å². The van der Waals surface area contributed by atoms with Gasteiger partial charge in [-0.05, 0) is 72.9 Å². The number of amides is 1. The average molecular weight is 599 g/mol. The summed E-state index contributed by atoms with van der Waals surface area (Å²) in [7, 11) is 3.20. The maximum absolute atomic E-state index is 14.2. The fourth-order valence-electron chi connectivity index (χ4n) is 6.36. The molecule has 1 saturated heterocycles. The maximum atomic E-state index is 14.2. The summed E-state index contributed by atoms with van der Waals surface area (Å²) >= 11 is 0. The maximum Gasteiger partial charge on any atom is 0.391 e. The van der Waals surface area contributed by atoms with Gasteiger partial charge in [-0.3, -0.25) is 4.79 Å². The molecular formula is C30H30F4N6O3. The second-order valence-electron chi connectivity index (χ2n) is 11.3. The normalized spacial score (nSPS) is 18.8. The van der Waals surface area contributed by atoms with Crippen molar-refractivity contribution in [3.05, 3.63) is 59.5 Å². The molecule has 9 nitrogen and oxygen atoms in total. The van der Waals surface area contributed by atoms with Crippen molar-refractivity contribution in [2.45, 2.75) is 57.0 Å². The Kier molecular flexibility index (Phi) is 7.03. The molecule has 2 aromatic heterocycles. The SMILES string of the molecule is COc1cc2c(cc1-c1nnn(C)n1)-c1c(-c3ccc(F)cc3)cc(C(=O)N3CCC[C@@]3(C)[C@H](O)CC(F)(F)F)n1CC2. The number of aromatic nitrogens is 5. The molecule has 0 bridgehead atoms. The van der Waals surface area contributed by atoms with Crippen LogP contribution in [0.2, 0.25) is 0 Å². The zero-order valence-electron chi connectivity index (χ0n) is 23.8. The van der Waals surface area contributed by atoms with Gasteiger partial charge in [-0.15, -0.1) is 10.2 Å². The molecule has 4 heterocycles. The molecule has 43 heavy (non-hydrogen) atoms. The Labute approximate surface area is 244 Å². The Hall–Kier alpha value is -4.26. The number of hydrogen-bond donors (Lipinski definition) is 1. The van der Waals surface area contributed by atoms with E-state index in [1.165, 1.54) is 28.8 Å². The van der Waals surface area contributed by atoms with Crippen molar-refractivity contribution in [1.82, 2.24) is 29.7 Å². The Morgan fingerprint density at radius 1 is 1.12 bits per heavy atom. The zero-order valence-corrected chi connectivity index (χ0v) is 23.8. The van der Waals surface area contributed by atoms with Crippen LogP contribution in [0.4, 0.5) is 17.6 Å². The first-order valence-electron chi connectivity index (χ1n) is 13.9. The molecule has 0 unspecified atom stereocenters. The third-order valence-electron chi connectivity index (χ3n) is 8.57. The summed E-state index contributed by atoms with van der Waals surface area (Å²) in [4.78, 5) is 16.9. The van der Waals surface area contributed by atoms with E-state index in [-0.39, 0.29) is 18.7 Å². The van der Waals surface area contributed by atoms with Gasteiger partial charge < -0.3 is 19.3 Å². The number of halogens is 4. The third kappa shape index (κ3) is 5.05.